The van der Waals surface area contributed by atoms with Crippen LogP contribution in [0.25, 0.3) is 5.69 Å². The Kier molecular flexibility index (Phi) is 9.16. The normalized spacial score (nSPS) is 13.7. The third-order valence-electron chi connectivity index (χ3n) is 10.1. The van der Waals surface area contributed by atoms with Crippen molar-refractivity contribution in [3.8, 4) is 11.4 Å². The molecule has 0 amide bonds. The molecule has 0 N–H and O–H groups in total. The number of methoxy groups -OCH3 is 1. The minimum Gasteiger partial charge on any atom is -0.495 e. The van der Waals surface area contributed by atoms with E-state index in [0.29, 0.717) is 0 Å². The molecule has 0 aliphatic carbocycles. The molecule has 0 saturated carbocycles. The fourth-order valence-corrected chi connectivity index (χ4v) is 13.1. The Hall–Kier alpha value is -5.06. The van der Waals surface area contributed by atoms with Gasteiger partial charge >= 0.3 is 20.4 Å². The number of para-hydroxylation sites is 2. The van der Waals surface area contributed by atoms with Gasteiger partial charge in [0.15, 0.2) is 8.07 Å². The molecule has 0 atom stereocenters. The van der Waals surface area contributed by atoms with Gasteiger partial charge in [-0.25, -0.2) is 0 Å². The number of hydrogen-bond donors (Lipinski definition) is 0. The van der Waals surface area contributed by atoms with Crippen molar-refractivity contribution in [3.05, 3.63) is 174 Å². The molecule has 7 aromatic rings. The number of anilines is 3. The Labute approximate surface area is 315 Å². The fraction of sp³-hybridized carbons (Fsp3) is 0.136. The van der Waals surface area contributed by atoms with Gasteiger partial charge in [-0.15, -0.1) is 24.3 Å². The molecule has 0 fully saturated rings. The molecule has 1 aliphatic rings. The summed E-state index contributed by atoms with van der Waals surface area (Å²) in [5.74, 6) is 0.753. The quantitative estimate of drug-likeness (QED) is 0.130. The molecule has 3 heterocycles. The van der Waals surface area contributed by atoms with E-state index in [1.54, 1.807) is 7.11 Å². The Morgan fingerprint density at radius 2 is 1.33 bits per heavy atom. The first-order chi connectivity index (χ1) is 24.3. The second-order valence-corrected chi connectivity index (χ2v) is 17.0. The maximum atomic E-state index is 5.97. The van der Waals surface area contributed by atoms with Crippen molar-refractivity contribution in [1.29, 1.82) is 0 Å². The number of aryl methyl sites for hydroxylation is 2. The van der Waals surface area contributed by atoms with E-state index in [9.17, 15) is 0 Å². The Morgan fingerprint density at radius 3 is 1.98 bits per heavy atom. The summed E-state index contributed by atoms with van der Waals surface area (Å²) in [7, 11) is -1.27. The van der Waals surface area contributed by atoms with Crippen LogP contribution in [-0.4, -0.2) is 29.9 Å². The van der Waals surface area contributed by atoms with Crippen molar-refractivity contribution < 1.29 is 25.2 Å². The monoisotopic (exact) mass is 772 g/mol. The van der Waals surface area contributed by atoms with Crippen molar-refractivity contribution in [3.63, 3.8) is 0 Å². The summed E-state index contributed by atoms with van der Waals surface area (Å²) in [6, 6.07) is 55.0. The zero-order chi connectivity index (χ0) is 34.5. The number of nitrogens with zero attached hydrogens (tertiary/aromatic N) is 4. The van der Waals surface area contributed by atoms with E-state index in [-0.39, 0.29) is 25.8 Å². The first kappa shape index (κ1) is 34.4. The number of rotatable bonds is 7. The first-order valence-electron chi connectivity index (χ1n) is 17.0. The molecule has 0 unspecified atom stereocenters. The topological polar surface area (TPSA) is 43.2 Å². The molecule has 0 saturated heterocycles. The van der Waals surface area contributed by atoms with E-state index in [2.05, 4.69) is 141 Å². The zero-order valence-electron chi connectivity index (χ0n) is 29.3. The summed E-state index contributed by atoms with van der Waals surface area (Å²) >= 11 is 0. The maximum absolute atomic E-state index is 5.97. The molecule has 5 nitrogen and oxygen atoms in total. The summed E-state index contributed by atoms with van der Waals surface area (Å²) in [5.41, 5.74) is 8.00. The average molecular weight is 773 g/mol. The van der Waals surface area contributed by atoms with Gasteiger partial charge in [-0.1, -0.05) is 92.0 Å². The van der Waals surface area contributed by atoms with Gasteiger partial charge in [0.1, 0.15) is 5.75 Å². The van der Waals surface area contributed by atoms with Crippen LogP contribution in [0.4, 0.5) is 17.1 Å². The summed E-state index contributed by atoms with van der Waals surface area (Å²) in [6.07, 6.45) is 1.93. The first-order valence-corrected chi connectivity index (χ1v) is 19.0. The van der Waals surface area contributed by atoms with E-state index in [1.165, 1.54) is 21.5 Å². The van der Waals surface area contributed by atoms with Crippen molar-refractivity contribution in [1.82, 2.24) is 14.8 Å². The molecular formula is C44H38N4OPdSi. The number of ether oxygens (including phenoxy) is 1. The van der Waals surface area contributed by atoms with Crippen LogP contribution in [0, 0.1) is 26.0 Å². The Balaban J connectivity index is 0.00000406. The smallest absolute Gasteiger partial charge is 0.495 e. The predicted molar refractivity (Wildman–Crippen MR) is 205 cm³/mol. The standard InChI is InChI=1S/C44H38N4OSi.Pd/c1-31-28-32(2)48(46-31)35-18-14-16-33(29-35)47(39-22-8-9-23-40(39)49-5)34-17-15-19-36(30-34)50(43-26-12-13-27-45-43)41-24-10-6-20-37(41)44(3,4)38-21-7-11-25-42(38)50;/h6-28H,1-5H3;/q-2;+2. The second kappa shape index (κ2) is 13.6. The second-order valence-electron chi connectivity index (χ2n) is 13.4. The van der Waals surface area contributed by atoms with Crippen LogP contribution in [-0.2, 0) is 25.8 Å². The largest absolute Gasteiger partial charge is 2.00 e. The molecule has 51 heavy (non-hydrogen) atoms. The summed E-state index contributed by atoms with van der Waals surface area (Å²) in [6.45, 7) is 8.77. The molecule has 0 radical (unpaired) electrons. The van der Waals surface area contributed by atoms with Gasteiger partial charge < -0.3 is 9.64 Å². The third-order valence-corrected chi connectivity index (χ3v) is 14.7. The van der Waals surface area contributed by atoms with E-state index in [1.807, 2.05) is 48.1 Å². The van der Waals surface area contributed by atoms with Crippen LogP contribution in [0.3, 0.4) is 0 Å². The van der Waals surface area contributed by atoms with Gasteiger partial charge in [0.25, 0.3) is 0 Å². The minimum atomic E-state index is -2.98. The molecule has 2 aromatic heterocycles. The van der Waals surface area contributed by atoms with E-state index < -0.39 is 8.07 Å². The number of hydrogen-bond acceptors (Lipinski definition) is 4. The van der Waals surface area contributed by atoms with Crippen LogP contribution in [0.2, 0.25) is 0 Å². The summed E-state index contributed by atoms with van der Waals surface area (Å²) in [5, 5.41) is 9.68. The van der Waals surface area contributed by atoms with Gasteiger partial charge in [-0.3, -0.25) is 9.67 Å². The van der Waals surface area contributed by atoms with E-state index in [4.69, 9.17) is 14.8 Å². The van der Waals surface area contributed by atoms with Crippen molar-refractivity contribution >= 4 is 46.0 Å². The van der Waals surface area contributed by atoms with Crippen LogP contribution >= 0.6 is 0 Å². The molecule has 1 aliphatic heterocycles. The van der Waals surface area contributed by atoms with E-state index in [0.717, 1.165) is 50.4 Å². The molecule has 0 spiro atoms. The third kappa shape index (κ3) is 5.57. The number of benzene rings is 5. The summed E-state index contributed by atoms with van der Waals surface area (Å²) in [4.78, 5) is 7.36. The molecule has 8 rings (SSSR count). The maximum Gasteiger partial charge on any atom is 2.00 e. The van der Waals surface area contributed by atoms with Crippen molar-refractivity contribution in [2.75, 3.05) is 12.0 Å². The van der Waals surface area contributed by atoms with Gasteiger partial charge in [0.2, 0.25) is 0 Å². The molecule has 254 valence electrons. The number of aromatic nitrogens is 3. The van der Waals surface area contributed by atoms with Crippen LogP contribution in [0.15, 0.2) is 140 Å². The summed E-state index contributed by atoms with van der Waals surface area (Å²) < 4.78 is 7.91. The van der Waals surface area contributed by atoms with E-state index >= 15 is 0 Å². The predicted octanol–water partition coefficient (Wildman–Crippen LogP) is 6.98. The van der Waals surface area contributed by atoms with Gasteiger partial charge in [0.05, 0.1) is 18.5 Å². The molecule has 7 heteroatoms. The van der Waals surface area contributed by atoms with Crippen LogP contribution in [0.5, 0.6) is 5.75 Å². The molecule has 0 bridgehead atoms. The zero-order valence-corrected chi connectivity index (χ0v) is 31.8. The Morgan fingerprint density at radius 1 is 0.706 bits per heavy atom. The van der Waals surface area contributed by atoms with Gasteiger partial charge in [0, 0.05) is 22.6 Å². The van der Waals surface area contributed by atoms with Crippen molar-refractivity contribution in [2.24, 2.45) is 0 Å². The van der Waals surface area contributed by atoms with Gasteiger partial charge in [-0.2, -0.15) is 34.6 Å². The molecule has 5 aromatic carbocycles. The van der Waals surface area contributed by atoms with Crippen LogP contribution < -0.4 is 30.5 Å². The average Bonchev–Trinajstić information content (AvgIpc) is 3.50. The molecular weight excluding hydrogens is 735 g/mol. The number of fused-ring (bicyclic) bond motifs is 2. The SMILES string of the molecule is COc1ccccc1N(c1[c-]c(-n2nc(C)cc2C)ccc1)c1[c-]c([Si]2(c3ccccn3)c3ccccc3C(C)(C)c3ccccc32)ccc1.[Pd+2]. The van der Waals surface area contributed by atoms with Crippen molar-refractivity contribution in [2.45, 2.75) is 33.1 Å². The van der Waals surface area contributed by atoms with Crippen LogP contribution in [0.1, 0.15) is 36.4 Å². The minimum absolute atomic E-state index is 0. The van der Waals surface area contributed by atoms with Gasteiger partial charge in [-0.05, 0) is 71.4 Å². The number of pyridine rings is 1. The Bertz CT molecular complexity index is 2300. The fourth-order valence-electron chi connectivity index (χ4n) is 7.87.